The van der Waals surface area contributed by atoms with Crippen LogP contribution in [0.25, 0.3) is 0 Å². The summed E-state index contributed by atoms with van der Waals surface area (Å²) in [5, 5.41) is 16.6. The topological polar surface area (TPSA) is 83.6 Å². The molecule has 0 fully saturated rings. The molecule has 0 aliphatic carbocycles. The van der Waals surface area contributed by atoms with Gasteiger partial charge in [0.25, 0.3) is 5.91 Å². The van der Waals surface area contributed by atoms with Crippen molar-refractivity contribution in [3.63, 3.8) is 0 Å². The van der Waals surface area contributed by atoms with E-state index >= 15 is 0 Å². The highest BCUT2D eigenvalue weighted by Crippen LogP contribution is 2.12. The van der Waals surface area contributed by atoms with Crippen LogP contribution in [0.3, 0.4) is 0 Å². The van der Waals surface area contributed by atoms with Crippen LogP contribution in [0, 0.1) is 0 Å². The van der Waals surface area contributed by atoms with E-state index in [1.54, 1.807) is 31.2 Å². The highest BCUT2D eigenvalue weighted by molar-refractivity contribution is 6.30. The van der Waals surface area contributed by atoms with E-state index in [4.69, 9.17) is 11.6 Å². The molecule has 0 spiro atoms. The van der Waals surface area contributed by atoms with Gasteiger partial charge in [-0.3, -0.25) is 4.79 Å². The summed E-state index contributed by atoms with van der Waals surface area (Å²) in [5.41, 5.74) is 0.493. The van der Waals surface area contributed by atoms with E-state index in [9.17, 15) is 4.79 Å². The maximum Gasteiger partial charge on any atom is 0.251 e. The quantitative estimate of drug-likeness (QED) is 0.862. The number of nitrogens with zero attached hydrogens (tertiary/aromatic N) is 3. The Morgan fingerprint density at radius 1 is 1.53 bits per heavy atom. The first-order chi connectivity index (χ1) is 8.16. The van der Waals surface area contributed by atoms with Gasteiger partial charge in [-0.25, -0.2) is 0 Å². The third-order valence-electron chi connectivity index (χ3n) is 2.18. The van der Waals surface area contributed by atoms with Gasteiger partial charge < -0.3 is 5.32 Å². The average Bonchev–Trinajstić information content (AvgIpc) is 2.82. The molecule has 2 aromatic rings. The first-order valence-electron chi connectivity index (χ1n) is 4.96. The van der Waals surface area contributed by atoms with Crippen molar-refractivity contribution >= 4 is 17.5 Å². The summed E-state index contributed by atoms with van der Waals surface area (Å²) in [7, 11) is 0. The van der Waals surface area contributed by atoms with Crippen LogP contribution >= 0.6 is 11.6 Å². The van der Waals surface area contributed by atoms with E-state index in [1.165, 1.54) is 0 Å². The number of rotatable bonds is 3. The van der Waals surface area contributed by atoms with Gasteiger partial charge in [-0.2, -0.15) is 5.21 Å². The number of aromatic nitrogens is 4. The Labute approximate surface area is 102 Å². The van der Waals surface area contributed by atoms with Crippen LogP contribution in [-0.2, 0) is 0 Å². The van der Waals surface area contributed by atoms with Crippen LogP contribution in [0.15, 0.2) is 24.3 Å². The number of carbonyl (C=O) groups excluding carboxylic acids is 1. The molecule has 1 unspecified atom stereocenters. The second kappa shape index (κ2) is 4.92. The van der Waals surface area contributed by atoms with Crippen molar-refractivity contribution in [2.45, 2.75) is 13.0 Å². The number of benzene rings is 1. The number of hydrogen-bond acceptors (Lipinski definition) is 4. The molecule has 1 heterocycles. The molecule has 6 nitrogen and oxygen atoms in total. The zero-order chi connectivity index (χ0) is 12.3. The smallest absolute Gasteiger partial charge is 0.251 e. The molecule has 2 N–H and O–H groups in total. The van der Waals surface area contributed by atoms with Gasteiger partial charge in [0.05, 0.1) is 6.04 Å². The fraction of sp³-hybridized carbons (Fsp3) is 0.200. The molecule has 0 bridgehead atoms. The minimum atomic E-state index is -0.319. The van der Waals surface area contributed by atoms with Crippen molar-refractivity contribution in [1.82, 2.24) is 25.9 Å². The molecule has 7 heteroatoms. The van der Waals surface area contributed by atoms with Crippen LogP contribution in [-0.4, -0.2) is 26.5 Å². The van der Waals surface area contributed by atoms with E-state index < -0.39 is 0 Å². The molecule has 2 rings (SSSR count). The molecule has 1 amide bonds. The normalized spacial score (nSPS) is 12.1. The predicted molar refractivity (Wildman–Crippen MR) is 61.5 cm³/mol. The lowest BCUT2D eigenvalue weighted by atomic mass is 10.2. The van der Waals surface area contributed by atoms with Crippen LogP contribution in [0.2, 0.25) is 5.02 Å². The maximum absolute atomic E-state index is 11.8. The molecule has 88 valence electrons. The van der Waals surface area contributed by atoms with E-state index in [0.29, 0.717) is 16.4 Å². The van der Waals surface area contributed by atoms with Crippen molar-refractivity contribution in [2.75, 3.05) is 0 Å². The second-order valence-electron chi connectivity index (χ2n) is 3.48. The van der Waals surface area contributed by atoms with Gasteiger partial charge in [0.15, 0.2) is 5.82 Å². The molecule has 0 aliphatic heterocycles. The first kappa shape index (κ1) is 11.5. The fourth-order valence-electron chi connectivity index (χ4n) is 1.33. The highest BCUT2D eigenvalue weighted by Gasteiger charge is 2.14. The van der Waals surface area contributed by atoms with Crippen molar-refractivity contribution in [2.24, 2.45) is 0 Å². The van der Waals surface area contributed by atoms with Gasteiger partial charge in [0.2, 0.25) is 0 Å². The Bertz CT molecular complexity index is 513. The zero-order valence-corrected chi connectivity index (χ0v) is 9.77. The van der Waals surface area contributed by atoms with E-state index in [0.717, 1.165) is 0 Å². The van der Waals surface area contributed by atoms with Gasteiger partial charge in [-0.05, 0) is 25.1 Å². The van der Waals surface area contributed by atoms with Crippen LogP contribution in [0.5, 0.6) is 0 Å². The van der Waals surface area contributed by atoms with Gasteiger partial charge in [-0.1, -0.05) is 22.9 Å². The van der Waals surface area contributed by atoms with Gasteiger partial charge >= 0.3 is 0 Å². The summed E-state index contributed by atoms with van der Waals surface area (Å²) in [6.45, 7) is 1.77. The zero-order valence-electron chi connectivity index (χ0n) is 9.01. The van der Waals surface area contributed by atoms with E-state index in [-0.39, 0.29) is 11.9 Å². The summed E-state index contributed by atoms with van der Waals surface area (Å²) >= 11 is 5.81. The van der Waals surface area contributed by atoms with Gasteiger partial charge in [-0.15, -0.1) is 10.2 Å². The number of hydrogen-bond donors (Lipinski definition) is 2. The van der Waals surface area contributed by atoms with Gasteiger partial charge in [0, 0.05) is 10.6 Å². The van der Waals surface area contributed by atoms with Crippen LogP contribution < -0.4 is 5.32 Å². The molecule has 1 aromatic heterocycles. The summed E-state index contributed by atoms with van der Waals surface area (Å²) in [6.07, 6.45) is 0. The standard InChI is InChI=1S/C10H10ClN5O/c1-6(9-13-15-16-14-9)12-10(17)7-3-2-4-8(11)5-7/h2-6H,1H3,(H,12,17)(H,13,14,15,16). The number of carbonyl (C=O) groups is 1. The summed E-state index contributed by atoms with van der Waals surface area (Å²) in [4.78, 5) is 11.8. The van der Waals surface area contributed by atoms with Crippen LogP contribution in [0.4, 0.5) is 0 Å². The van der Waals surface area contributed by atoms with Crippen molar-refractivity contribution in [3.8, 4) is 0 Å². The summed E-state index contributed by atoms with van der Waals surface area (Å²) in [6, 6.07) is 6.39. The molecule has 17 heavy (non-hydrogen) atoms. The maximum atomic E-state index is 11.8. The van der Waals surface area contributed by atoms with Crippen molar-refractivity contribution < 1.29 is 4.79 Å². The Kier molecular flexibility index (Phi) is 3.34. The number of H-pyrrole nitrogens is 1. The van der Waals surface area contributed by atoms with E-state index in [2.05, 4.69) is 25.9 Å². The number of aromatic amines is 1. The molecule has 0 saturated carbocycles. The lowest BCUT2D eigenvalue weighted by Crippen LogP contribution is -2.27. The highest BCUT2D eigenvalue weighted by atomic mass is 35.5. The number of tetrazole rings is 1. The molecular weight excluding hydrogens is 242 g/mol. The fourth-order valence-corrected chi connectivity index (χ4v) is 1.52. The number of nitrogens with one attached hydrogen (secondary N) is 2. The Hall–Kier alpha value is -1.95. The Morgan fingerprint density at radius 2 is 2.35 bits per heavy atom. The second-order valence-corrected chi connectivity index (χ2v) is 3.91. The van der Waals surface area contributed by atoms with Crippen molar-refractivity contribution in [1.29, 1.82) is 0 Å². The number of amides is 1. The molecule has 0 radical (unpaired) electrons. The minimum Gasteiger partial charge on any atom is -0.342 e. The Balaban J connectivity index is 2.07. The number of halogens is 1. The minimum absolute atomic E-state index is 0.232. The molecule has 0 aliphatic rings. The summed E-state index contributed by atoms with van der Waals surface area (Å²) < 4.78 is 0. The predicted octanol–water partition coefficient (Wildman–Crippen LogP) is 1.34. The lowest BCUT2D eigenvalue weighted by molar-refractivity contribution is 0.0938. The summed E-state index contributed by atoms with van der Waals surface area (Å²) in [5.74, 6) is 0.199. The molecule has 0 saturated heterocycles. The third kappa shape index (κ3) is 2.79. The first-order valence-corrected chi connectivity index (χ1v) is 5.34. The molecular formula is C10H10ClN5O. The monoisotopic (exact) mass is 251 g/mol. The van der Waals surface area contributed by atoms with Gasteiger partial charge in [0.1, 0.15) is 0 Å². The molecule has 1 atom stereocenters. The lowest BCUT2D eigenvalue weighted by Gasteiger charge is -2.09. The molecule has 1 aromatic carbocycles. The Morgan fingerprint density at radius 3 is 3.00 bits per heavy atom. The largest absolute Gasteiger partial charge is 0.342 e. The van der Waals surface area contributed by atoms with Crippen molar-refractivity contribution in [3.05, 3.63) is 40.7 Å². The third-order valence-corrected chi connectivity index (χ3v) is 2.42. The average molecular weight is 252 g/mol. The van der Waals surface area contributed by atoms with Crippen LogP contribution in [0.1, 0.15) is 29.1 Å². The SMILES string of the molecule is CC(NC(=O)c1cccc(Cl)c1)c1nn[nH]n1. The van der Waals surface area contributed by atoms with E-state index in [1.807, 2.05) is 0 Å².